The van der Waals surface area contributed by atoms with E-state index < -0.39 is 55.0 Å². The molecular weight excluding hydrogens is 182 g/mol. The lowest BCUT2D eigenvalue weighted by atomic mass is 10.2. The molecule has 0 fully saturated rings. The van der Waals surface area contributed by atoms with E-state index in [1.807, 2.05) is 0 Å². The maximum absolute atomic E-state index is 11.3. The molecule has 0 bridgehead atoms. The van der Waals surface area contributed by atoms with Gasteiger partial charge in [-0.05, 0) is 5.56 Å². The number of aliphatic hydroxyl groups is 1. The van der Waals surface area contributed by atoms with Crippen molar-refractivity contribution in [3.8, 4) is 0 Å². The summed E-state index contributed by atoms with van der Waals surface area (Å²) in [6, 6.07) is -3.59. The summed E-state index contributed by atoms with van der Waals surface area (Å²) < 4.78 is 57.4. The molecule has 14 heavy (non-hydrogen) atoms. The fraction of sp³-hybridized carbons (Fsp3) is 0.300. The molecule has 0 radical (unpaired) electrons. The van der Waals surface area contributed by atoms with Gasteiger partial charge in [-0.2, -0.15) is 0 Å². The minimum Gasteiger partial charge on any atom is -0.447 e. The van der Waals surface area contributed by atoms with Gasteiger partial charge in [-0.3, -0.25) is 0 Å². The van der Waals surface area contributed by atoms with Crippen molar-refractivity contribution in [3.05, 3.63) is 35.8 Å². The van der Waals surface area contributed by atoms with Crippen LogP contribution in [0.15, 0.2) is 30.2 Å². The molecule has 1 rings (SSSR count). The van der Waals surface area contributed by atoms with Crippen molar-refractivity contribution in [2.24, 2.45) is 0 Å². The summed E-state index contributed by atoms with van der Waals surface area (Å²) in [6.45, 7) is -3.55. The number of amides is 1. The second-order valence-electron chi connectivity index (χ2n) is 2.11. The number of carbonyl (C=O) groups excluding carboxylic acids is 1. The Balaban J connectivity index is 3.23. The summed E-state index contributed by atoms with van der Waals surface area (Å²) in [5.41, 5.74) is -0.700. The Hall–Kier alpha value is -1.55. The zero-order chi connectivity index (χ0) is 16.4. The van der Waals surface area contributed by atoms with Crippen molar-refractivity contribution in [3.63, 3.8) is 0 Å². The number of aliphatic hydroxyl groups excluding tert-OH is 1. The van der Waals surface area contributed by atoms with Gasteiger partial charge < -0.3 is 15.2 Å². The Morgan fingerprint density at radius 1 is 1.57 bits per heavy atom. The first-order valence-corrected chi connectivity index (χ1v) is 3.76. The molecule has 0 aliphatic carbocycles. The molecule has 0 atom stereocenters. The van der Waals surface area contributed by atoms with Gasteiger partial charge in [-0.1, -0.05) is 30.2 Å². The zero-order valence-electron chi connectivity index (χ0n) is 14.2. The second-order valence-corrected chi connectivity index (χ2v) is 2.11. The zero-order valence-corrected chi connectivity index (χ0v) is 7.18. The maximum atomic E-state index is 11.3. The van der Waals surface area contributed by atoms with Gasteiger partial charge in [0.1, 0.15) is 6.61 Å². The van der Waals surface area contributed by atoms with Gasteiger partial charge in [0.2, 0.25) is 0 Å². The number of benzene rings is 1. The molecule has 0 aromatic heterocycles. The Labute approximate surface area is 92.3 Å². The first-order valence-electron chi connectivity index (χ1n) is 7.26. The predicted octanol–water partition coefficient (Wildman–Crippen LogP) is 0.905. The van der Waals surface area contributed by atoms with E-state index in [0.717, 1.165) is 0 Å². The second kappa shape index (κ2) is 5.99. The Bertz CT molecular complexity index is 535. The van der Waals surface area contributed by atoms with E-state index in [9.17, 15) is 4.79 Å². The van der Waals surface area contributed by atoms with E-state index in [1.165, 1.54) is 0 Å². The third-order valence-corrected chi connectivity index (χ3v) is 1.11. The summed E-state index contributed by atoms with van der Waals surface area (Å²) in [6.07, 6.45) is -1.22. The molecule has 1 amide bonds. The molecule has 4 heteroatoms. The van der Waals surface area contributed by atoms with Crippen LogP contribution >= 0.6 is 0 Å². The maximum Gasteiger partial charge on any atom is 0.407 e. The standard InChI is InChI=1S/C10H13NO3/c12-6-7-14-10(13)11-8-9-4-2-1-3-5-9/h1-5,12H,6-8H2,(H,11,13)/i1D,2D,3D,4D,5D,8D2. The van der Waals surface area contributed by atoms with Gasteiger partial charge >= 0.3 is 6.09 Å². The van der Waals surface area contributed by atoms with Crippen LogP contribution in [0.1, 0.15) is 15.2 Å². The number of nitrogens with one attached hydrogen (secondary N) is 1. The molecule has 0 unspecified atom stereocenters. The Morgan fingerprint density at radius 3 is 2.93 bits per heavy atom. The quantitative estimate of drug-likeness (QED) is 0.762. The lowest BCUT2D eigenvalue weighted by molar-refractivity contribution is 0.119. The van der Waals surface area contributed by atoms with Crippen LogP contribution in [0.4, 0.5) is 4.79 Å². The molecule has 0 aliphatic rings. The van der Waals surface area contributed by atoms with Crippen LogP contribution in [0.3, 0.4) is 0 Å². The third kappa shape index (κ3) is 3.91. The number of alkyl carbamates (subject to hydrolysis) is 1. The highest BCUT2D eigenvalue weighted by atomic mass is 16.6. The molecule has 2 N–H and O–H groups in total. The average Bonchev–Trinajstić information content (AvgIpc) is 2.40. The lowest BCUT2D eigenvalue weighted by Gasteiger charge is -2.05. The van der Waals surface area contributed by atoms with Crippen molar-refractivity contribution in [1.82, 2.24) is 5.32 Å². The summed E-state index contributed by atoms with van der Waals surface area (Å²) in [4.78, 5) is 11.3. The van der Waals surface area contributed by atoms with Crippen LogP contribution < -0.4 is 5.32 Å². The summed E-state index contributed by atoms with van der Waals surface area (Å²) in [5, 5.41) is 10.2. The van der Waals surface area contributed by atoms with Crippen molar-refractivity contribution in [2.45, 2.75) is 6.50 Å². The number of hydrogen-bond acceptors (Lipinski definition) is 3. The normalized spacial score (nSPS) is 17.6. The van der Waals surface area contributed by atoms with Gasteiger partial charge in [0.05, 0.1) is 16.2 Å². The number of carbonyl (C=O) groups is 1. The van der Waals surface area contributed by atoms with E-state index >= 15 is 0 Å². The van der Waals surface area contributed by atoms with Crippen molar-refractivity contribution < 1.29 is 24.2 Å². The molecule has 0 heterocycles. The Morgan fingerprint density at radius 2 is 2.29 bits per heavy atom. The molecule has 0 saturated heterocycles. The van der Waals surface area contributed by atoms with Crippen molar-refractivity contribution >= 4 is 6.09 Å². The van der Waals surface area contributed by atoms with E-state index in [0.29, 0.717) is 0 Å². The third-order valence-electron chi connectivity index (χ3n) is 1.11. The first kappa shape index (κ1) is 4.31. The van der Waals surface area contributed by atoms with E-state index in [4.69, 9.17) is 14.7 Å². The lowest BCUT2D eigenvalue weighted by Crippen LogP contribution is -2.24. The fourth-order valence-electron chi connectivity index (χ4n) is 0.600. The highest BCUT2D eigenvalue weighted by Crippen LogP contribution is 1.97. The number of rotatable bonds is 4. The minimum atomic E-state index is -2.74. The van der Waals surface area contributed by atoms with Crippen LogP contribution in [0.25, 0.3) is 0 Å². The van der Waals surface area contributed by atoms with Crippen molar-refractivity contribution in [1.29, 1.82) is 0 Å². The van der Waals surface area contributed by atoms with Crippen LogP contribution in [0, 0.1) is 0 Å². The van der Waals surface area contributed by atoms with Gasteiger partial charge in [0.15, 0.2) is 0 Å². The molecule has 4 nitrogen and oxygen atoms in total. The van der Waals surface area contributed by atoms with E-state index in [1.54, 1.807) is 5.32 Å². The number of ether oxygens (including phenoxy) is 1. The van der Waals surface area contributed by atoms with E-state index in [-0.39, 0.29) is 6.61 Å². The van der Waals surface area contributed by atoms with Gasteiger partial charge in [-0.15, -0.1) is 0 Å². The minimum absolute atomic E-state index is 0.359. The molecule has 1 aromatic carbocycles. The van der Waals surface area contributed by atoms with Crippen molar-refractivity contribution in [2.75, 3.05) is 13.2 Å². The SMILES string of the molecule is [2H]c1c([2H])c([2H])c(C([2H])([2H])NC(=O)OCCO)c([2H])c1[2H]. The largest absolute Gasteiger partial charge is 0.447 e. The molecular formula is C10H13NO3. The summed E-state index contributed by atoms with van der Waals surface area (Å²) in [7, 11) is 0. The van der Waals surface area contributed by atoms with Crippen LogP contribution in [-0.4, -0.2) is 24.4 Å². The molecule has 0 saturated carbocycles. The van der Waals surface area contributed by atoms with Crippen LogP contribution in [-0.2, 0) is 11.2 Å². The van der Waals surface area contributed by atoms with E-state index in [2.05, 4.69) is 4.74 Å². The molecule has 76 valence electrons. The van der Waals surface area contributed by atoms with Crippen LogP contribution in [0.5, 0.6) is 0 Å². The fourth-order valence-corrected chi connectivity index (χ4v) is 0.600. The first-order chi connectivity index (χ1) is 9.63. The monoisotopic (exact) mass is 202 g/mol. The summed E-state index contributed by atoms with van der Waals surface area (Å²) >= 11 is 0. The number of hydrogen-bond donors (Lipinski definition) is 2. The van der Waals surface area contributed by atoms with Gasteiger partial charge in [-0.25, -0.2) is 4.79 Å². The van der Waals surface area contributed by atoms with Crippen LogP contribution in [0.2, 0.25) is 0 Å². The predicted molar refractivity (Wildman–Crippen MR) is 51.7 cm³/mol. The topological polar surface area (TPSA) is 58.6 Å². The smallest absolute Gasteiger partial charge is 0.407 e. The molecule has 1 aromatic rings. The molecule has 0 aliphatic heterocycles. The Kier molecular flexibility index (Phi) is 1.85. The molecule has 0 spiro atoms. The summed E-state index contributed by atoms with van der Waals surface area (Å²) in [5.74, 6) is 0. The highest BCUT2D eigenvalue weighted by molar-refractivity contribution is 5.67. The van der Waals surface area contributed by atoms with Gasteiger partial charge in [0.25, 0.3) is 0 Å². The highest BCUT2D eigenvalue weighted by Gasteiger charge is 1.99. The average molecular weight is 202 g/mol. The van der Waals surface area contributed by atoms with Gasteiger partial charge in [0, 0.05) is 6.50 Å².